The van der Waals surface area contributed by atoms with Crippen LogP contribution in [0.15, 0.2) is 0 Å². The minimum Gasteiger partial charge on any atom is -0.337 e. The van der Waals surface area contributed by atoms with E-state index in [2.05, 4.69) is 0 Å². The van der Waals surface area contributed by atoms with Gasteiger partial charge < -0.3 is 15.5 Å². The molecule has 1 amide bonds. The maximum absolute atomic E-state index is 12.7. The highest BCUT2D eigenvalue weighted by molar-refractivity contribution is 5.87. The smallest absolute Gasteiger partial charge is 0.337 e. The number of amides is 1. The van der Waals surface area contributed by atoms with Gasteiger partial charge in [-0.15, -0.1) is 0 Å². The Morgan fingerprint density at radius 1 is 1.44 bits per heavy atom. The van der Waals surface area contributed by atoms with Crippen LogP contribution < -0.4 is 5.73 Å². The zero-order valence-electron chi connectivity index (χ0n) is 10.9. The number of nitrogens with zero attached hydrogens (tertiary/aromatic N) is 2. The van der Waals surface area contributed by atoms with Gasteiger partial charge in [-0.1, -0.05) is 0 Å². The summed E-state index contributed by atoms with van der Waals surface area (Å²) in [5, 5.41) is 0. The van der Waals surface area contributed by atoms with E-state index in [1.54, 1.807) is 0 Å². The van der Waals surface area contributed by atoms with Crippen LogP contribution in [0.25, 0.3) is 0 Å². The van der Waals surface area contributed by atoms with E-state index < -0.39 is 17.6 Å². The van der Waals surface area contributed by atoms with Gasteiger partial charge in [0.05, 0.1) is 0 Å². The number of carbonyl (C=O) groups is 1. The predicted octanol–water partition coefficient (Wildman–Crippen LogP) is 0.819. The maximum Gasteiger partial charge on any atom is 0.415 e. The molecular weight excluding hydrogens is 247 g/mol. The molecule has 0 aromatic rings. The fourth-order valence-electron chi connectivity index (χ4n) is 2.13. The Kier molecular flexibility index (Phi) is 4.27. The Morgan fingerprint density at radius 2 is 2.00 bits per heavy atom. The van der Waals surface area contributed by atoms with Crippen molar-refractivity contribution in [1.82, 2.24) is 9.80 Å². The number of hydrogen-bond acceptors (Lipinski definition) is 3. The SMILES string of the molecule is CN(C)CC1CCCN1C(=O)C(C)(N)C(F)(F)F. The molecule has 1 aliphatic heterocycles. The van der Waals surface area contributed by atoms with Crippen LogP contribution >= 0.6 is 0 Å². The van der Waals surface area contributed by atoms with Gasteiger partial charge in [-0.05, 0) is 33.9 Å². The standard InChI is InChI=1S/C11H20F3N3O/c1-10(15,11(12,13)14)9(18)17-6-4-5-8(17)7-16(2)3/h8H,4-7,15H2,1-3H3. The topological polar surface area (TPSA) is 49.6 Å². The third kappa shape index (κ3) is 2.95. The lowest BCUT2D eigenvalue weighted by molar-refractivity contribution is -0.194. The second-order valence-electron chi connectivity index (χ2n) is 5.26. The van der Waals surface area contributed by atoms with Gasteiger partial charge in [-0.2, -0.15) is 13.2 Å². The van der Waals surface area contributed by atoms with Crippen molar-refractivity contribution in [2.24, 2.45) is 5.73 Å². The first-order valence-corrected chi connectivity index (χ1v) is 5.88. The second-order valence-corrected chi connectivity index (χ2v) is 5.26. The Labute approximate surface area is 105 Å². The molecule has 2 N–H and O–H groups in total. The van der Waals surface area contributed by atoms with Crippen LogP contribution in [0.4, 0.5) is 13.2 Å². The van der Waals surface area contributed by atoms with Gasteiger partial charge in [0.15, 0.2) is 5.54 Å². The molecule has 0 bridgehead atoms. The van der Waals surface area contributed by atoms with Crippen molar-refractivity contribution in [3.8, 4) is 0 Å². The molecule has 18 heavy (non-hydrogen) atoms. The highest BCUT2D eigenvalue weighted by atomic mass is 19.4. The van der Waals surface area contributed by atoms with Gasteiger partial charge in [0.1, 0.15) is 0 Å². The van der Waals surface area contributed by atoms with Crippen LogP contribution in [0, 0.1) is 0 Å². The maximum atomic E-state index is 12.7. The molecule has 2 unspecified atom stereocenters. The Hall–Kier alpha value is -0.820. The highest BCUT2D eigenvalue weighted by Crippen LogP contribution is 2.32. The quantitative estimate of drug-likeness (QED) is 0.823. The monoisotopic (exact) mass is 267 g/mol. The number of nitrogens with two attached hydrogens (primary N) is 1. The first-order chi connectivity index (χ1) is 8.07. The molecule has 1 aliphatic rings. The fraction of sp³-hybridized carbons (Fsp3) is 0.909. The molecule has 7 heteroatoms. The van der Waals surface area contributed by atoms with Gasteiger partial charge in [0.25, 0.3) is 5.91 Å². The Bertz CT molecular complexity index is 315. The summed E-state index contributed by atoms with van der Waals surface area (Å²) in [5.74, 6) is -1.03. The summed E-state index contributed by atoms with van der Waals surface area (Å²) in [7, 11) is 3.65. The molecule has 4 nitrogen and oxygen atoms in total. The van der Waals surface area contributed by atoms with E-state index in [1.807, 2.05) is 19.0 Å². The Balaban J connectivity index is 2.83. The summed E-state index contributed by atoms with van der Waals surface area (Å²) in [6, 6.07) is -0.183. The summed E-state index contributed by atoms with van der Waals surface area (Å²) >= 11 is 0. The van der Waals surface area contributed by atoms with E-state index in [0.29, 0.717) is 13.1 Å². The molecule has 1 rings (SSSR count). The number of hydrogen-bond donors (Lipinski definition) is 1. The molecule has 1 heterocycles. The lowest BCUT2D eigenvalue weighted by Gasteiger charge is -2.34. The van der Waals surface area contributed by atoms with Crippen molar-refractivity contribution in [2.45, 2.75) is 37.5 Å². The summed E-state index contributed by atoms with van der Waals surface area (Å²) in [5.41, 5.74) is 2.38. The summed E-state index contributed by atoms with van der Waals surface area (Å²) in [6.45, 7) is 1.64. The zero-order valence-corrected chi connectivity index (χ0v) is 10.9. The average molecular weight is 267 g/mol. The number of likely N-dealkylation sites (tertiary alicyclic amines) is 1. The van der Waals surface area contributed by atoms with Gasteiger partial charge in [0, 0.05) is 19.1 Å². The number of alkyl halides is 3. The summed E-state index contributed by atoms with van der Waals surface area (Å²) in [4.78, 5) is 15.1. The van der Waals surface area contributed by atoms with E-state index >= 15 is 0 Å². The van der Waals surface area contributed by atoms with Gasteiger partial charge in [-0.25, -0.2) is 0 Å². The molecule has 0 saturated carbocycles. The molecule has 0 radical (unpaired) electrons. The van der Waals surface area contributed by atoms with Crippen molar-refractivity contribution in [2.75, 3.05) is 27.2 Å². The normalized spacial score (nSPS) is 24.4. The molecule has 0 spiro atoms. The largest absolute Gasteiger partial charge is 0.415 e. The van der Waals surface area contributed by atoms with Crippen molar-refractivity contribution >= 4 is 5.91 Å². The summed E-state index contributed by atoms with van der Waals surface area (Å²) in [6.07, 6.45) is -3.29. The number of likely N-dealkylation sites (N-methyl/N-ethyl adjacent to an activating group) is 1. The van der Waals surface area contributed by atoms with Crippen LogP contribution in [0.5, 0.6) is 0 Å². The average Bonchev–Trinajstić information content (AvgIpc) is 2.61. The molecule has 1 saturated heterocycles. The number of carbonyl (C=O) groups excluding carboxylic acids is 1. The van der Waals surface area contributed by atoms with Crippen LogP contribution in [0.1, 0.15) is 19.8 Å². The van der Waals surface area contributed by atoms with Crippen molar-refractivity contribution in [3.05, 3.63) is 0 Å². The Morgan fingerprint density at radius 3 is 2.44 bits per heavy atom. The van der Waals surface area contributed by atoms with E-state index in [0.717, 1.165) is 19.8 Å². The van der Waals surface area contributed by atoms with E-state index in [9.17, 15) is 18.0 Å². The third-order valence-corrected chi connectivity index (χ3v) is 3.25. The van der Waals surface area contributed by atoms with Crippen LogP contribution in [0.2, 0.25) is 0 Å². The third-order valence-electron chi connectivity index (χ3n) is 3.25. The van der Waals surface area contributed by atoms with Gasteiger partial charge >= 0.3 is 6.18 Å². The molecule has 2 atom stereocenters. The molecule has 0 aliphatic carbocycles. The predicted molar refractivity (Wildman–Crippen MR) is 61.9 cm³/mol. The second kappa shape index (κ2) is 5.05. The van der Waals surface area contributed by atoms with E-state index in [4.69, 9.17) is 5.73 Å². The van der Waals surface area contributed by atoms with Crippen LogP contribution in [0.3, 0.4) is 0 Å². The fourth-order valence-corrected chi connectivity index (χ4v) is 2.13. The van der Waals surface area contributed by atoms with Gasteiger partial charge in [-0.3, -0.25) is 4.79 Å². The molecular formula is C11H20F3N3O. The minimum atomic E-state index is -4.73. The zero-order chi connectivity index (χ0) is 14.1. The number of rotatable bonds is 3. The van der Waals surface area contributed by atoms with Crippen molar-refractivity contribution < 1.29 is 18.0 Å². The van der Waals surface area contributed by atoms with Crippen LogP contribution in [-0.2, 0) is 4.79 Å². The van der Waals surface area contributed by atoms with Crippen molar-refractivity contribution in [1.29, 1.82) is 0 Å². The summed E-state index contributed by atoms with van der Waals surface area (Å²) < 4.78 is 38.2. The lowest BCUT2D eigenvalue weighted by atomic mass is 10.0. The van der Waals surface area contributed by atoms with Gasteiger partial charge in [0.2, 0.25) is 0 Å². The molecule has 106 valence electrons. The molecule has 1 fully saturated rings. The van der Waals surface area contributed by atoms with Crippen molar-refractivity contribution in [3.63, 3.8) is 0 Å². The van der Waals surface area contributed by atoms with Crippen LogP contribution in [-0.4, -0.2) is 60.6 Å². The first-order valence-electron chi connectivity index (χ1n) is 5.88. The highest BCUT2D eigenvalue weighted by Gasteiger charge is 2.56. The molecule has 0 aromatic carbocycles. The first kappa shape index (κ1) is 15.2. The van der Waals surface area contributed by atoms with E-state index in [-0.39, 0.29) is 6.04 Å². The lowest BCUT2D eigenvalue weighted by Crippen LogP contribution is -2.63. The van der Waals surface area contributed by atoms with E-state index in [1.165, 1.54) is 4.90 Å². The minimum absolute atomic E-state index is 0.183. The number of halogens is 3. The molecule has 0 aromatic heterocycles.